The summed E-state index contributed by atoms with van der Waals surface area (Å²) in [7, 11) is 0. The van der Waals surface area contributed by atoms with Gasteiger partial charge in [0, 0.05) is 24.0 Å². The molecule has 0 spiro atoms. The topological polar surface area (TPSA) is 74.2 Å². The number of nitrogens with zero attached hydrogens (tertiary/aromatic N) is 1. The molecule has 3 N–H and O–H groups in total. The molecule has 2 aromatic rings. The van der Waals surface area contributed by atoms with E-state index < -0.39 is 6.10 Å². The third-order valence-corrected chi connectivity index (χ3v) is 4.15. The summed E-state index contributed by atoms with van der Waals surface area (Å²) in [6.45, 7) is 3.79. The van der Waals surface area contributed by atoms with Gasteiger partial charge in [-0.25, -0.2) is 14.2 Å². The first-order chi connectivity index (χ1) is 10.9. The average Bonchev–Trinajstić information content (AvgIpc) is 2.89. The Balaban J connectivity index is 1.87. The van der Waals surface area contributed by atoms with Gasteiger partial charge in [0.1, 0.15) is 5.82 Å². The minimum atomic E-state index is -0.448. The third-order valence-electron chi connectivity index (χ3n) is 3.24. The van der Waals surface area contributed by atoms with Crippen molar-refractivity contribution in [1.29, 1.82) is 0 Å². The van der Waals surface area contributed by atoms with Crippen LogP contribution < -0.4 is 10.6 Å². The minimum absolute atomic E-state index is 0.220. The van der Waals surface area contributed by atoms with Gasteiger partial charge in [-0.05, 0) is 37.5 Å². The number of halogens is 1. The molecule has 0 radical (unpaired) electrons. The number of aliphatic hydroxyl groups excluding tert-OH is 1. The Morgan fingerprint density at radius 2 is 2.26 bits per heavy atom. The van der Waals surface area contributed by atoms with Gasteiger partial charge in [-0.1, -0.05) is 12.1 Å². The molecule has 0 aliphatic rings. The number of carbonyl (C=O) groups is 1. The number of nitrogens with one attached hydrogen (secondary N) is 2. The van der Waals surface area contributed by atoms with E-state index in [1.807, 2.05) is 6.07 Å². The van der Waals surface area contributed by atoms with Crippen molar-refractivity contribution < 1.29 is 14.3 Å². The Kier molecular flexibility index (Phi) is 6.06. The van der Waals surface area contributed by atoms with Crippen LogP contribution >= 0.6 is 11.3 Å². The van der Waals surface area contributed by atoms with Crippen molar-refractivity contribution in [2.24, 2.45) is 0 Å². The Labute approximate surface area is 138 Å². The van der Waals surface area contributed by atoms with Gasteiger partial charge in [0.05, 0.1) is 6.10 Å². The lowest BCUT2D eigenvalue weighted by Gasteiger charge is -2.06. The highest BCUT2D eigenvalue weighted by molar-refractivity contribution is 7.15. The molecular weight excluding hydrogens is 317 g/mol. The Hall–Kier alpha value is -1.99. The van der Waals surface area contributed by atoms with Crippen LogP contribution in [-0.4, -0.2) is 28.8 Å². The van der Waals surface area contributed by atoms with Crippen LogP contribution in [0.5, 0.6) is 0 Å². The number of aliphatic hydroxyl groups is 1. The van der Waals surface area contributed by atoms with Gasteiger partial charge in [0.25, 0.3) is 0 Å². The largest absolute Gasteiger partial charge is 0.393 e. The van der Waals surface area contributed by atoms with Crippen LogP contribution in [0.1, 0.15) is 29.3 Å². The monoisotopic (exact) mass is 337 g/mol. The zero-order valence-electron chi connectivity index (χ0n) is 13.1. The van der Waals surface area contributed by atoms with Gasteiger partial charge in [-0.15, -0.1) is 11.3 Å². The number of aromatic nitrogens is 1. The number of benzene rings is 1. The molecule has 124 valence electrons. The highest BCUT2D eigenvalue weighted by Gasteiger charge is 2.08. The summed E-state index contributed by atoms with van der Waals surface area (Å²) in [5.41, 5.74) is 1.49. The predicted octanol–water partition coefficient (Wildman–Crippen LogP) is 3.07. The second-order valence-corrected chi connectivity index (χ2v) is 6.53. The standard InChI is InChI=1S/C16H20FN3O2S/c1-10-3-4-12(8-14(10)17)7-13-9-19-16(23-13)20-15(22)18-6-5-11(2)21/h3-4,8-9,11,21H,5-7H2,1-2H3,(H2,18,19,20,22). The maximum absolute atomic E-state index is 13.5. The van der Waals surface area contributed by atoms with Gasteiger partial charge in [0.2, 0.25) is 0 Å². The molecule has 0 aliphatic heterocycles. The predicted molar refractivity (Wildman–Crippen MR) is 89.4 cm³/mol. The van der Waals surface area contributed by atoms with Crippen LogP contribution in [0.3, 0.4) is 0 Å². The van der Waals surface area contributed by atoms with E-state index in [0.717, 1.165) is 10.4 Å². The molecule has 7 heteroatoms. The molecule has 2 rings (SSSR count). The summed E-state index contributed by atoms with van der Waals surface area (Å²) in [5.74, 6) is -0.220. The van der Waals surface area contributed by atoms with Crippen LogP contribution in [0.15, 0.2) is 24.4 Å². The quantitative estimate of drug-likeness (QED) is 0.758. The number of carbonyl (C=O) groups excluding carboxylic acids is 1. The molecule has 0 aliphatic carbocycles. The van der Waals surface area contributed by atoms with Gasteiger partial charge >= 0.3 is 6.03 Å². The summed E-state index contributed by atoms with van der Waals surface area (Å²) in [6.07, 6.45) is 2.29. The van der Waals surface area contributed by atoms with Crippen LogP contribution in [0.2, 0.25) is 0 Å². The second-order valence-electron chi connectivity index (χ2n) is 5.41. The van der Waals surface area contributed by atoms with Crippen molar-refractivity contribution in [2.45, 2.75) is 32.8 Å². The molecule has 2 amide bonds. The third kappa shape index (κ3) is 5.61. The fourth-order valence-electron chi connectivity index (χ4n) is 1.93. The SMILES string of the molecule is Cc1ccc(Cc2cnc(NC(=O)NCCC(C)O)s2)cc1F. The summed E-state index contributed by atoms with van der Waals surface area (Å²) in [5, 5.41) is 14.9. The van der Waals surface area contributed by atoms with Crippen molar-refractivity contribution in [3.63, 3.8) is 0 Å². The Morgan fingerprint density at radius 1 is 1.48 bits per heavy atom. The second kappa shape index (κ2) is 8.03. The molecule has 1 unspecified atom stereocenters. The summed E-state index contributed by atoms with van der Waals surface area (Å²) in [6, 6.07) is 4.80. The van der Waals surface area contributed by atoms with E-state index in [1.54, 1.807) is 26.1 Å². The molecule has 0 bridgehead atoms. The van der Waals surface area contributed by atoms with Crippen LogP contribution in [0.4, 0.5) is 14.3 Å². The lowest BCUT2D eigenvalue weighted by atomic mass is 10.1. The zero-order chi connectivity index (χ0) is 16.8. The van der Waals surface area contributed by atoms with Gasteiger partial charge < -0.3 is 10.4 Å². The van der Waals surface area contributed by atoms with E-state index in [-0.39, 0.29) is 11.8 Å². The first kappa shape index (κ1) is 17.4. The first-order valence-corrected chi connectivity index (χ1v) is 8.18. The number of thiazole rings is 1. The Morgan fingerprint density at radius 3 is 2.96 bits per heavy atom. The van der Waals surface area contributed by atoms with Gasteiger partial charge in [-0.2, -0.15) is 0 Å². The highest BCUT2D eigenvalue weighted by atomic mass is 32.1. The van der Waals surface area contributed by atoms with E-state index in [0.29, 0.717) is 30.1 Å². The molecular formula is C16H20FN3O2S. The fourth-order valence-corrected chi connectivity index (χ4v) is 2.77. The number of anilines is 1. The van der Waals surface area contributed by atoms with Crippen molar-refractivity contribution in [1.82, 2.24) is 10.3 Å². The molecule has 5 nitrogen and oxygen atoms in total. The fraction of sp³-hybridized carbons (Fsp3) is 0.375. The van der Waals surface area contributed by atoms with Crippen LogP contribution in [0.25, 0.3) is 0 Å². The van der Waals surface area contributed by atoms with E-state index in [2.05, 4.69) is 15.6 Å². The van der Waals surface area contributed by atoms with Crippen LogP contribution in [-0.2, 0) is 6.42 Å². The van der Waals surface area contributed by atoms with Crippen molar-refractivity contribution in [2.75, 3.05) is 11.9 Å². The lowest BCUT2D eigenvalue weighted by Crippen LogP contribution is -2.30. The van der Waals surface area contributed by atoms with Gasteiger partial charge in [-0.3, -0.25) is 5.32 Å². The molecule has 1 heterocycles. The zero-order valence-corrected chi connectivity index (χ0v) is 13.9. The molecule has 1 aromatic carbocycles. The van der Waals surface area contributed by atoms with E-state index in [4.69, 9.17) is 5.11 Å². The average molecular weight is 337 g/mol. The molecule has 1 aromatic heterocycles. The summed E-state index contributed by atoms with van der Waals surface area (Å²) in [4.78, 5) is 16.7. The highest BCUT2D eigenvalue weighted by Crippen LogP contribution is 2.22. The number of rotatable bonds is 6. The smallest absolute Gasteiger partial charge is 0.321 e. The number of hydrogen-bond donors (Lipinski definition) is 3. The number of aryl methyl sites for hydroxylation is 1. The molecule has 1 atom stereocenters. The number of urea groups is 1. The first-order valence-electron chi connectivity index (χ1n) is 7.36. The Bertz CT molecular complexity index is 673. The maximum Gasteiger partial charge on any atom is 0.321 e. The van der Waals surface area contributed by atoms with Crippen LogP contribution in [0, 0.1) is 12.7 Å². The van der Waals surface area contributed by atoms with Gasteiger partial charge in [0.15, 0.2) is 5.13 Å². The lowest BCUT2D eigenvalue weighted by molar-refractivity contribution is 0.184. The molecule has 23 heavy (non-hydrogen) atoms. The number of amides is 2. The molecule has 0 saturated carbocycles. The number of hydrogen-bond acceptors (Lipinski definition) is 4. The molecule has 0 fully saturated rings. The summed E-state index contributed by atoms with van der Waals surface area (Å²) < 4.78 is 13.5. The maximum atomic E-state index is 13.5. The van der Waals surface area contributed by atoms with E-state index in [9.17, 15) is 9.18 Å². The van der Waals surface area contributed by atoms with Crippen molar-refractivity contribution in [3.05, 3.63) is 46.2 Å². The molecule has 0 saturated heterocycles. The normalized spacial score (nSPS) is 12.0. The van der Waals surface area contributed by atoms with Crippen molar-refractivity contribution in [3.8, 4) is 0 Å². The summed E-state index contributed by atoms with van der Waals surface area (Å²) >= 11 is 1.35. The van der Waals surface area contributed by atoms with Crippen molar-refractivity contribution >= 4 is 22.5 Å². The minimum Gasteiger partial charge on any atom is -0.393 e. The van der Waals surface area contributed by atoms with E-state index in [1.165, 1.54) is 17.4 Å². The van der Waals surface area contributed by atoms with E-state index >= 15 is 0 Å².